The maximum absolute atomic E-state index is 13.1. The van der Waals surface area contributed by atoms with Gasteiger partial charge in [0.2, 0.25) is 5.91 Å². The molecule has 0 saturated heterocycles. The number of benzene rings is 1. The molecule has 1 saturated carbocycles. The van der Waals surface area contributed by atoms with Crippen molar-refractivity contribution in [3.05, 3.63) is 29.3 Å². The van der Waals surface area contributed by atoms with Crippen LogP contribution in [0.4, 0.5) is 13.2 Å². The molecule has 0 N–H and O–H groups in total. The number of rotatable bonds is 2. The molecule has 1 atom stereocenters. The van der Waals surface area contributed by atoms with Crippen LogP contribution < -0.4 is 4.74 Å². The molecule has 1 aromatic rings. The second-order valence-corrected chi connectivity index (χ2v) is 7.12. The molecule has 1 aromatic carbocycles. The van der Waals surface area contributed by atoms with Crippen molar-refractivity contribution in [2.24, 2.45) is 11.3 Å². The zero-order valence-corrected chi connectivity index (χ0v) is 14.2. The van der Waals surface area contributed by atoms with Gasteiger partial charge >= 0.3 is 6.18 Å². The number of Topliss-reactive ketones (excluding diaryl/α,β-unsaturated/α-hetero) is 1. The van der Waals surface area contributed by atoms with Crippen molar-refractivity contribution in [3.8, 4) is 5.75 Å². The molecule has 1 aliphatic heterocycles. The third-order valence-corrected chi connectivity index (χ3v) is 5.31. The smallest absolute Gasteiger partial charge is 0.416 e. The zero-order chi connectivity index (χ0) is 18.4. The normalized spacial score (nSPS) is 23.6. The molecule has 25 heavy (non-hydrogen) atoms. The summed E-state index contributed by atoms with van der Waals surface area (Å²) < 4.78 is 44.2. The Morgan fingerprint density at radius 3 is 2.60 bits per heavy atom. The number of amides is 1. The molecular weight excluding hydrogens is 335 g/mol. The molecule has 0 aromatic heterocycles. The van der Waals surface area contributed by atoms with E-state index in [9.17, 15) is 22.8 Å². The van der Waals surface area contributed by atoms with Gasteiger partial charge < -0.3 is 9.64 Å². The number of nitrogens with zero attached hydrogens (tertiary/aromatic N) is 1. The summed E-state index contributed by atoms with van der Waals surface area (Å²) in [6.45, 7) is 3.84. The van der Waals surface area contributed by atoms with Gasteiger partial charge in [-0.05, 0) is 30.5 Å². The van der Waals surface area contributed by atoms with Crippen molar-refractivity contribution in [1.82, 2.24) is 4.90 Å². The van der Waals surface area contributed by atoms with Gasteiger partial charge in [0, 0.05) is 18.4 Å². The van der Waals surface area contributed by atoms with Gasteiger partial charge in [0.05, 0.1) is 17.5 Å². The second-order valence-electron chi connectivity index (χ2n) is 7.12. The fraction of sp³-hybridized carbons (Fsp3) is 0.556. The van der Waals surface area contributed by atoms with Crippen LogP contribution in [0.25, 0.3) is 0 Å². The van der Waals surface area contributed by atoms with Gasteiger partial charge in [0.15, 0.2) is 6.73 Å². The third-order valence-electron chi connectivity index (χ3n) is 5.31. The maximum Gasteiger partial charge on any atom is 0.416 e. The third kappa shape index (κ3) is 3.12. The van der Waals surface area contributed by atoms with Crippen LogP contribution in [0.1, 0.15) is 44.2 Å². The van der Waals surface area contributed by atoms with Crippen molar-refractivity contribution in [2.45, 2.75) is 45.8 Å². The van der Waals surface area contributed by atoms with Crippen LogP contribution >= 0.6 is 0 Å². The lowest BCUT2D eigenvalue weighted by Gasteiger charge is -2.38. The molecule has 7 heteroatoms. The van der Waals surface area contributed by atoms with Gasteiger partial charge in [-0.2, -0.15) is 13.2 Å². The van der Waals surface area contributed by atoms with Crippen LogP contribution in [0.5, 0.6) is 5.75 Å². The molecule has 136 valence electrons. The Bertz CT molecular complexity index is 714. The van der Waals surface area contributed by atoms with Gasteiger partial charge in [-0.1, -0.05) is 13.8 Å². The number of halogens is 3. The van der Waals surface area contributed by atoms with Gasteiger partial charge in [0.25, 0.3) is 0 Å². The summed E-state index contributed by atoms with van der Waals surface area (Å²) in [6.07, 6.45) is -3.41. The van der Waals surface area contributed by atoms with Crippen molar-refractivity contribution in [3.63, 3.8) is 0 Å². The molecule has 4 nitrogen and oxygen atoms in total. The Hall–Kier alpha value is -2.05. The Morgan fingerprint density at radius 1 is 1.32 bits per heavy atom. The molecule has 0 radical (unpaired) electrons. The summed E-state index contributed by atoms with van der Waals surface area (Å²) >= 11 is 0. The lowest BCUT2D eigenvalue weighted by molar-refractivity contribution is -0.150. The van der Waals surface area contributed by atoms with Crippen LogP contribution in [0.3, 0.4) is 0 Å². The zero-order valence-electron chi connectivity index (χ0n) is 14.2. The average molecular weight is 355 g/mol. The van der Waals surface area contributed by atoms with E-state index in [1.165, 1.54) is 11.0 Å². The van der Waals surface area contributed by atoms with Gasteiger partial charge in [-0.25, -0.2) is 0 Å². The first kappa shape index (κ1) is 17.8. The first-order valence-electron chi connectivity index (χ1n) is 8.27. The number of hydrogen-bond donors (Lipinski definition) is 0. The molecule has 1 unspecified atom stereocenters. The minimum absolute atomic E-state index is 0.0140. The van der Waals surface area contributed by atoms with Crippen molar-refractivity contribution < 1.29 is 27.5 Å². The SMILES string of the molecule is CC(C)C1(C(=O)N2COc3ccc(C(F)(F)F)cc3C2)CCC(=O)C1. The maximum atomic E-state index is 13.1. The number of carbonyl (C=O) groups excluding carboxylic acids is 2. The standard InChI is InChI=1S/C18H20F3NO3/c1-11(2)17(6-5-14(23)8-17)16(24)22-9-12-7-13(18(19,20)21)3-4-15(12)25-10-22/h3-4,7,11H,5-6,8-10H2,1-2H3. The summed E-state index contributed by atoms with van der Waals surface area (Å²) in [6, 6.07) is 3.29. The number of ketones is 1. The van der Waals surface area contributed by atoms with Gasteiger partial charge in [0.1, 0.15) is 11.5 Å². The lowest BCUT2D eigenvalue weighted by Crippen LogP contribution is -2.48. The van der Waals surface area contributed by atoms with E-state index in [1.54, 1.807) is 0 Å². The number of hydrogen-bond acceptors (Lipinski definition) is 3. The second kappa shape index (κ2) is 6.04. The van der Waals surface area contributed by atoms with Crippen LogP contribution in [0.2, 0.25) is 0 Å². The largest absolute Gasteiger partial charge is 0.473 e. The number of fused-ring (bicyclic) bond motifs is 1. The summed E-state index contributed by atoms with van der Waals surface area (Å²) in [5.74, 6) is 0.170. The molecular formula is C18H20F3NO3. The van der Waals surface area contributed by atoms with E-state index in [4.69, 9.17) is 4.74 Å². The topological polar surface area (TPSA) is 46.6 Å². The Kier molecular flexibility index (Phi) is 4.29. The van der Waals surface area contributed by atoms with Crippen LogP contribution in [-0.4, -0.2) is 23.3 Å². The predicted octanol–water partition coefficient (Wildman–Crippen LogP) is 3.78. The monoisotopic (exact) mass is 355 g/mol. The highest BCUT2D eigenvalue weighted by atomic mass is 19.4. The van der Waals surface area contributed by atoms with Crippen LogP contribution in [-0.2, 0) is 22.3 Å². The molecule has 1 aliphatic carbocycles. The summed E-state index contributed by atoms with van der Waals surface area (Å²) in [4.78, 5) is 26.3. The average Bonchev–Trinajstić information content (AvgIpc) is 2.95. The van der Waals surface area contributed by atoms with Crippen LogP contribution in [0.15, 0.2) is 18.2 Å². The first-order chi connectivity index (χ1) is 11.6. The predicted molar refractivity (Wildman–Crippen MR) is 83.6 cm³/mol. The van der Waals surface area contributed by atoms with Crippen LogP contribution in [0, 0.1) is 11.3 Å². The Balaban J connectivity index is 1.86. The fourth-order valence-electron chi connectivity index (χ4n) is 3.68. The number of carbonyl (C=O) groups is 2. The molecule has 1 fully saturated rings. The van der Waals surface area contributed by atoms with E-state index in [0.29, 0.717) is 24.2 Å². The lowest BCUT2D eigenvalue weighted by atomic mass is 9.74. The Morgan fingerprint density at radius 2 is 2.04 bits per heavy atom. The van der Waals surface area contributed by atoms with E-state index >= 15 is 0 Å². The first-order valence-corrected chi connectivity index (χ1v) is 8.27. The Labute approximate surface area is 143 Å². The minimum atomic E-state index is -4.45. The van der Waals surface area contributed by atoms with Gasteiger partial charge in [-0.15, -0.1) is 0 Å². The molecule has 2 aliphatic rings. The summed E-state index contributed by atoms with van der Waals surface area (Å²) in [7, 11) is 0. The highest BCUT2D eigenvalue weighted by molar-refractivity contribution is 5.93. The summed E-state index contributed by atoms with van der Waals surface area (Å²) in [5.41, 5.74) is -1.21. The molecule has 1 amide bonds. The van der Waals surface area contributed by atoms with Gasteiger partial charge in [-0.3, -0.25) is 9.59 Å². The summed E-state index contributed by atoms with van der Waals surface area (Å²) in [5, 5.41) is 0. The quantitative estimate of drug-likeness (QED) is 0.811. The molecule has 1 heterocycles. The minimum Gasteiger partial charge on any atom is -0.473 e. The van der Waals surface area contributed by atoms with E-state index < -0.39 is 17.2 Å². The molecule has 3 rings (SSSR count). The van der Waals surface area contributed by atoms with E-state index in [2.05, 4.69) is 0 Å². The highest BCUT2D eigenvalue weighted by Crippen LogP contribution is 2.45. The molecule has 0 spiro atoms. The van der Waals surface area contributed by atoms with E-state index in [1.807, 2.05) is 13.8 Å². The van der Waals surface area contributed by atoms with Crippen molar-refractivity contribution in [2.75, 3.05) is 6.73 Å². The van der Waals surface area contributed by atoms with E-state index in [0.717, 1.165) is 12.1 Å². The number of alkyl halides is 3. The van der Waals surface area contributed by atoms with Crippen molar-refractivity contribution >= 4 is 11.7 Å². The molecule has 0 bridgehead atoms. The fourth-order valence-corrected chi connectivity index (χ4v) is 3.68. The van der Waals surface area contributed by atoms with Crippen molar-refractivity contribution in [1.29, 1.82) is 0 Å². The highest BCUT2D eigenvalue weighted by Gasteiger charge is 2.49. The van der Waals surface area contributed by atoms with E-state index in [-0.39, 0.29) is 37.3 Å². The number of ether oxygens (including phenoxy) is 1.